The number of piperidine rings is 1. The summed E-state index contributed by atoms with van der Waals surface area (Å²) in [7, 11) is 7.52. The second kappa shape index (κ2) is 32.8. The van der Waals surface area contributed by atoms with Crippen molar-refractivity contribution in [2.75, 3.05) is 136 Å². The van der Waals surface area contributed by atoms with Crippen LogP contribution in [-0.4, -0.2) is 243 Å². The van der Waals surface area contributed by atoms with Gasteiger partial charge in [-0.15, -0.1) is 0 Å². The molecule has 2 aromatic carbocycles. The van der Waals surface area contributed by atoms with Crippen molar-refractivity contribution in [3.8, 4) is 5.75 Å². The minimum atomic E-state index is -2.42. The molecule has 6 heterocycles. The molecule has 536 valence electrons. The number of likely N-dealkylation sites (N-methyl/N-ethyl adjacent to an activating group) is 1. The fourth-order valence-corrected chi connectivity index (χ4v) is 18.8. The maximum atomic E-state index is 15.2. The highest BCUT2D eigenvalue weighted by Gasteiger charge is 2.78. The van der Waals surface area contributed by atoms with Crippen molar-refractivity contribution >= 4 is 79.4 Å². The number of para-hydroxylation sites is 1. The molecule has 1 saturated carbocycles. The van der Waals surface area contributed by atoms with Crippen LogP contribution in [0.25, 0.3) is 10.9 Å². The first-order valence-corrected chi connectivity index (χ1v) is 36.9. The number of benzene rings is 2. The number of nitrogens with one attached hydrogen (secondary N) is 4. The molecule has 1 aliphatic carbocycles. The highest BCUT2D eigenvalue weighted by atomic mass is 33.1. The Bertz CT molecular complexity index is 3340. The average Bonchev–Trinajstić information content (AvgIpc) is 1.50. The van der Waals surface area contributed by atoms with E-state index in [0.29, 0.717) is 97.1 Å². The maximum absolute atomic E-state index is 15.2. The number of hydrogen-bond acceptors (Lipinski definition) is 21. The Balaban J connectivity index is 0.780. The summed E-state index contributed by atoms with van der Waals surface area (Å²) in [5.74, 6) is -5.10. The monoisotopic (exact) mass is 1390 g/mol. The number of H-pyrrole nitrogens is 1. The van der Waals surface area contributed by atoms with Gasteiger partial charge in [-0.25, -0.2) is 4.79 Å². The summed E-state index contributed by atoms with van der Waals surface area (Å²) in [6, 6.07) is 10.4. The van der Waals surface area contributed by atoms with Gasteiger partial charge in [0.05, 0.1) is 83.5 Å². The number of amides is 3. The molecular formula is C71H103N7O17S2. The molecule has 26 heteroatoms. The summed E-state index contributed by atoms with van der Waals surface area (Å²) in [6.07, 6.45) is 4.83. The summed E-state index contributed by atoms with van der Waals surface area (Å²) >= 11 is 0. The summed E-state index contributed by atoms with van der Waals surface area (Å²) in [5.41, 5.74) is 0.156. The molecule has 24 nitrogen and oxygen atoms in total. The van der Waals surface area contributed by atoms with Crippen molar-refractivity contribution in [1.82, 2.24) is 30.7 Å². The van der Waals surface area contributed by atoms with Gasteiger partial charge < -0.3 is 74.7 Å². The maximum Gasteiger partial charge on any atom is 0.407 e. The van der Waals surface area contributed by atoms with Gasteiger partial charge in [0.15, 0.2) is 17.2 Å². The van der Waals surface area contributed by atoms with Gasteiger partial charge in [0.2, 0.25) is 11.8 Å². The smallest absolute Gasteiger partial charge is 0.407 e. The second-order valence-electron chi connectivity index (χ2n) is 27.9. The Hall–Kier alpha value is -5.65. The van der Waals surface area contributed by atoms with Crippen molar-refractivity contribution < 1.29 is 82.4 Å². The van der Waals surface area contributed by atoms with Gasteiger partial charge in [-0.05, 0) is 88.1 Å². The lowest BCUT2D eigenvalue weighted by atomic mass is 9.47. The zero-order chi connectivity index (χ0) is 70.0. The van der Waals surface area contributed by atoms with Gasteiger partial charge in [0.25, 0.3) is 0 Å². The van der Waals surface area contributed by atoms with Crippen LogP contribution in [0.15, 0.2) is 48.6 Å². The summed E-state index contributed by atoms with van der Waals surface area (Å²) in [6.45, 7) is 16.5. The van der Waals surface area contributed by atoms with Crippen LogP contribution in [0, 0.1) is 29.1 Å². The van der Waals surface area contributed by atoms with Gasteiger partial charge in [0, 0.05) is 146 Å². The average molecular weight is 1390 g/mol. The number of aromatic amines is 1. The van der Waals surface area contributed by atoms with Crippen molar-refractivity contribution in [2.45, 2.75) is 146 Å². The van der Waals surface area contributed by atoms with E-state index in [9.17, 15) is 49.2 Å². The van der Waals surface area contributed by atoms with Crippen LogP contribution in [-0.2, 0) is 69.7 Å². The third-order valence-electron chi connectivity index (χ3n) is 21.7. The first-order valence-electron chi connectivity index (χ1n) is 34.4. The van der Waals surface area contributed by atoms with Crippen molar-refractivity contribution in [3.63, 3.8) is 0 Å². The lowest BCUT2D eigenvalue weighted by Crippen LogP contribution is -2.81. The van der Waals surface area contributed by atoms with E-state index in [0.717, 1.165) is 52.9 Å². The van der Waals surface area contributed by atoms with Crippen LogP contribution in [0.3, 0.4) is 0 Å². The zero-order valence-corrected chi connectivity index (χ0v) is 59.5. The predicted octanol–water partition coefficient (Wildman–Crippen LogP) is 5.37. The van der Waals surface area contributed by atoms with E-state index < -0.39 is 99.5 Å². The van der Waals surface area contributed by atoms with Crippen LogP contribution in [0.2, 0.25) is 0 Å². The van der Waals surface area contributed by atoms with Crippen LogP contribution < -0.4 is 25.6 Å². The molecule has 1 aromatic heterocycles. The topological polar surface area (TPSA) is 317 Å². The normalized spacial score (nSPS) is 28.3. The Morgan fingerprint density at radius 1 is 0.825 bits per heavy atom. The minimum absolute atomic E-state index is 0.0118. The molecule has 0 radical (unpaired) electrons. The molecular weight excluding hydrogens is 1290 g/mol. The zero-order valence-electron chi connectivity index (χ0n) is 57.9. The molecule has 3 aromatic rings. The number of fused-ring (bicyclic) bond motifs is 6. The van der Waals surface area contributed by atoms with Crippen LogP contribution >= 0.6 is 21.6 Å². The van der Waals surface area contributed by atoms with E-state index in [-0.39, 0.29) is 74.2 Å². The highest BCUT2D eigenvalue weighted by Crippen LogP contribution is 2.68. The second-order valence-corrected chi connectivity index (χ2v) is 30.5. The number of anilines is 1. The van der Waals surface area contributed by atoms with Crippen molar-refractivity contribution in [1.29, 1.82) is 0 Å². The molecule has 2 saturated heterocycles. The molecule has 5 aliphatic heterocycles. The first-order chi connectivity index (χ1) is 46.4. The van der Waals surface area contributed by atoms with Gasteiger partial charge in [-0.1, -0.05) is 79.6 Å². The first kappa shape index (κ1) is 75.5. The number of ether oxygens (including phenoxy) is 6. The number of ketones is 3. The molecule has 6 aliphatic rings. The highest BCUT2D eigenvalue weighted by molar-refractivity contribution is 8.76. The van der Waals surface area contributed by atoms with Crippen molar-refractivity contribution in [2.24, 2.45) is 29.1 Å². The number of aliphatic hydroxyl groups is 3. The Labute approximate surface area is 577 Å². The number of hydrogen-bond donors (Lipinski definition) is 8. The predicted molar refractivity (Wildman–Crippen MR) is 370 cm³/mol. The number of carboxylic acid groups (broad SMARTS) is 1. The van der Waals surface area contributed by atoms with Crippen LogP contribution in [0.1, 0.15) is 115 Å². The number of carbonyl (C=O) groups is 7. The quantitative estimate of drug-likeness (QED) is 0.0206. The fourth-order valence-electron chi connectivity index (χ4n) is 16.7. The number of methoxy groups -OCH3 is 2. The summed E-state index contributed by atoms with van der Waals surface area (Å²) in [4.78, 5) is 103. The van der Waals surface area contributed by atoms with Gasteiger partial charge in [-0.2, -0.15) is 0 Å². The van der Waals surface area contributed by atoms with E-state index in [1.165, 1.54) is 34.1 Å². The standard InChI is InChI=1S/C71H103N7O17S2/c1-10-68(88)38-47-37-67(6,60-50(17-22-77(41-47)43-68)49-15-12-13-16-53(49)75-60)52-35-51-54(36-57(52)91-9)76(7)64-70(51)20-23-78-21-14-19-69(11-2,63(70)78)65(86)71(64,89)58(81)40-73-66(87)95-31-32-96-97-42-48(62(84)85)34-56(80)46(5)74-61(83)44(3)33-55(79)45(4)39-72-59(82)18-24-92-27-28-94-30-29-93-26-25-90-8/h12-16,19,35-36,44-48,63-65,75,86,88-89H,10-11,17-18,20-34,37-43H2,1-9H3,(H,72,82)(H,73,87)(H,74,83)(H,84,85)/t44-,45+,46+,47+,48?,63+,64-,65-,67-,68+,69-,70-,71+/m1/s1. The number of carboxylic acids is 1. The lowest BCUT2D eigenvalue weighted by molar-refractivity contribution is -0.201. The number of alkyl carbamates (subject to hydrolysis) is 1. The van der Waals surface area contributed by atoms with Gasteiger partial charge in [0.1, 0.15) is 24.2 Å². The third kappa shape index (κ3) is 15.9. The number of rotatable bonds is 36. The van der Waals surface area contributed by atoms with Crippen LogP contribution in [0.4, 0.5) is 10.5 Å². The van der Waals surface area contributed by atoms with Gasteiger partial charge in [-0.3, -0.25) is 38.6 Å². The summed E-state index contributed by atoms with van der Waals surface area (Å²) < 4.78 is 33.0. The number of Topliss-reactive ketones (excluding diaryl/α,β-unsaturated/α-hetero) is 3. The van der Waals surface area contributed by atoms with E-state index in [1.54, 1.807) is 28.1 Å². The number of aliphatic hydroxyl groups excluding tert-OH is 1. The molecule has 97 heavy (non-hydrogen) atoms. The SMILES string of the molecule is CC[C@]1(O)C[C@H]2CN(CCc3c([nH]c4ccccc34)[C@@](C)(c3cc4c(cc3OC)N(C)[C@H]3[C@@](O)(C(=O)CNC(=O)OCCSSCC(CC(=O)[C@H](C)NC(=O)[C@H](C)CC(=O)[C@@H](C)CNC(=O)CCOCCOCCOCCOC)C(=O)O)[C@H](O)[C@]5(CC)C=CCN6CC[C@]43[C@@H]65)C2)C1. The number of carbonyl (C=O) groups excluding carboxylic acids is 6. The Morgan fingerprint density at radius 2 is 1.55 bits per heavy atom. The van der Waals surface area contributed by atoms with Gasteiger partial charge >= 0.3 is 12.1 Å². The van der Waals surface area contributed by atoms with E-state index in [4.69, 9.17) is 28.4 Å². The largest absolute Gasteiger partial charge is 0.496 e. The molecule has 14 atom stereocenters. The minimum Gasteiger partial charge on any atom is -0.496 e. The fraction of sp³-hybridized carbons (Fsp3) is 0.676. The molecule has 8 N–H and O–H groups in total. The van der Waals surface area contributed by atoms with E-state index in [2.05, 4.69) is 68.8 Å². The Kier molecular flexibility index (Phi) is 25.5. The van der Waals surface area contributed by atoms with Crippen LogP contribution in [0.5, 0.6) is 5.75 Å². The molecule has 3 fully saturated rings. The molecule has 1 spiro atoms. The summed E-state index contributed by atoms with van der Waals surface area (Å²) in [5, 5.41) is 57.8. The molecule has 3 amide bonds. The number of aliphatic carboxylic acids is 1. The number of aromatic nitrogens is 1. The number of nitrogens with zero attached hydrogens (tertiary/aromatic N) is 3. The van der Waals surface area contributed by atoms with E-state index in [1.807, 2.05) is 43.2 Å². The molecule has 2 bridgehead atoms. The van der Waals surface area contributed by atoms with E-state index >= 15 is 4.79 Å². The lowest BCUT2D eigenvalue weighted by Gasteiger charge is -2.63. The molecule has 2 unspecified atom stereocenters. The van der Waals surface area contributed by atoms with Crippen molar-refractivity contribution in [3.05, 3.63) is 70.9 Å². The Morgan fingerprint density at radius 3 is 2.25 bits per heavy atom. The molecule has 9 rings (SSSR count). The third-order valence-corrected chi connectivity index (χ3v) is 24.1.